The molecule has 8 nitrogen and oxygen atoms in total. The highest BCUT2D eigenvalue weighted by Crippen LogP contribution is 2.33. The first-order chi connectivity index (χ1) is 16.0. The molecule has 10 heteroatoms. The summed E-state index contributed by atoms with van der Waals surface area (Å²) in [6.45, 7) is 1.68. The fourth-order valence-electron chi connectivity index (χ4n) is 3.07. The van der Waals surface area contributed by atoms with E-state index in [1.807, 2.05) is 17.5 Å². The molecule has 1 amide bonds. The van der Waals surface area contributed by atoms with Crippen molar-refractivity contribution in [1.29, 1.82) is 0 Å². The second-order valence-corrected chi connectivity index (χ2v) is 7.99. The molecule has 0 bridgehead atoms. The van der Waals surface area contributed by atoms with Crippen LogP contribution in [0.25, 0.3) is 22.6 Å². The van der Waals surface area contributed by atoms with Gasteiger partial charge in [-0.25, -0.2) is 9.37 Å². The topological polar surface area (TPSA) is 99.4 Å². The van der Waals surface area contributed by atoms with Crippen LogP contribution in [0.2, 0.25) is 0 Å². The van der Waals surface area contributed by atoms with Crippen LogP contribution in [0, 0.1) is 12.7 Å². The van der Waals surface area contributed by atoms with Crippen LogP contribution >= 0.6 is 11.3 Å². The Kier molecular flexibility index (Phi) is 6.64. The standard InChI is InChI=1S/C23H21FN4O4S/c1-13-4-5-15(10-16(13)24)22-27-21(32-28-22)9-8-20(29)26-23-25-17(12-33-23)14-6-7-18(30-2)19(11-14)31-3/h4-7,10-12H,8-9H2,1-3H3,(H,25,26,29). The van der Waals surface area contributed by atoms with Crippen molar-refractivity contribution in [3.63, 3.8) is 0 Å². The summed E-state index contributed by atoms with van der Waals surface area (Å²) in [5.41, 5.74) is 2.61. The zero-order chi connectivity index (χ0) is 23.4. The summed E-state index contributed by atoms with van der Waals surface area (Å²) >= 11 is 1.32. The Morgan fingerprint density at radius 2 is 1.88 bits per heavy atom. The number of ether oxygens (including phenoxy) is 2. The van der Waals surface area contributed by atoms with Crippen LogP contribution in [0.3, 0.4) is 0 Å². The van der Waals surface area contributed by atoms with Crippen molar-refractivity contribution in [3.8, 4) is 34.1 Å². The monoisotopic (exact) mass is 468 g/mol. The van der Waals surface area contributed by atoms with Crippen molar-refractivity contribution in [2.75, 3.05) is 19.5 Å². The Labute approximate surface area is 193 Å². The quantitative estimate of drug-likeness (QED) is 0.393. The van der Waals surface area contributed by atoms with Crippen LogP contribution < -0.4 is 14.8 Å². The van der Waals surface area contributed by atoms with E-state index in [2.05, 4.69) is 20.4 Å². The maximum atomic E-state index is 13.8. The third-order valence-corrected chi connectivity index (χ3v) is 5.65. The lowest BCUT2D eigenvalue weighted by Gasteiger charge is -2.08. The van der Waals surface area contributed by atoms with Crippen molar-refractivity contribution >= 4 is 22.4 Å². The molecule has 0 aliphatic heterocycles. The minimum atomic E-state index is -0.339. The van der Waals surface area contributed by atoms with Gasteiger partial charge in [-0.2, -0.15) is 4.98 Å². The van der Waals surface area contributed by atoms with Crippen LogP contribution in [-0.2, 0) is 11.2 Å². The van der Waals surface area contributed by atoms with E-state index >= 15 is 0 Å². The molecule has 2 heterocycles. The molecule has 0 spiro atoms. The highest BCUT2D eigenvalue weighted by Gasteiger charge is 2.14. The summed E-state index contributed by atoms with van der Waals surface area (Å²) in [6, 6.07) is 10.2. The number of carbonyl (C=O) groups is 1. The predicted molar refractivity (Wildman–Crippen MR) is 122 cm³/mol. The molecule has 0 saturated heterocycles. The first kappa shape index (κ1) is 22.4. The van der Waals surface area contributed by atoms with E-state index in [-0.39, 0.29) is 30.4 Å². The first-order valence-corrected chi connectivity index (χ1v) is 10.9. The van der Waals surface area contributed by atoms with Gasteiger partial charge in [-0.1, -0.05) is 17.3 Å². The number of rotatable bonds is 8. The van der Waals surface area contributed by atoms with Gasteiger partial charge in [-0.3, -0.25) is 4.79 Å². The van der Waals surface area contributed by atoms with Gasteiger partial charge in [-0.05, 0) is 36.8 Å². The van der Waals surface area contributed by atoms with E-state index in [1.165, 1.54) is 17.4 Å². The molecular weight excluding hydrogens is 447 g/mol. The normalized spacial score (nSPS) is 10.8. The molecule has 2 aromatic carbocycles. The third kappa shape index (κ3) is 5.17. The molecule has 4 aromatic rings. The number of amides is 1. The van der Waals surface area contributed by atoms with Crippen molar-refractivity contribution in [2.24, 2.45) is 0 Å². The minimum absolute atomic E-state index is 0.134. The van der Waals surface area contributed by atoms with E-state index in [0.717, 1.165) is 5.56 Å². The fraction of sp³-hybridized carbons (Fsp3) is 0.217. The van der Waals surface area contributed by atoms with Gasteiger partial charge in [0.05, 0.1) is 19.9 Å². The smallest absolute Gasteiger partial charge is 0.227 e. The van der Waals surface area contributed by atoms with Gasteiger partial charge in [-0.15, -0.1) is 11.3 Å². The Bertz CT molecular complexity index is 1290. The molecule has 2 aromatic heterocycles. The minimum Gasteiger partial charge on any atom is -0.493 e. The van der Waals surface area contributed by atoms with Crippen molar-refractivity contribution in [1.82, 2.24) is 15.1 Å². The highest BCUT2D eigenvalue weighted by molar-refractivity contribution is 7.14. The number of aromatic nitrogens is 3. The van der Waals surface area contributed by atoms with E-state index in [9.17, 15) is 9.18 Å². The Hall–Kier alpha value is -3.79. The van der Waals surface area contributed by atoms with E-state index in [0.29, 0.717) is 39.3 Å². The number of anilines is 1. The van der Waals surface area contributed by atoms with E-state index < -0.39 is 0 Å². The number of carbonyl (C=O) groups excluding carboxylic acids is 1. The van der Waals surface area contributed by atoms with Crippen LogP contribution in [0.15, 0.2) is 46.3 Å². The number of nitrogens with one attached hydrogen (secondary N) is 1. The number of benzene rings is 2. The van der Waals surface area contributed by atoms with Crippen LogP contribution in [0.4, 0.5) is 9.52 Å². The van der Waals surface area contributed by atoms with E-state index in [4.69, 9.17) is 14.0 Å². The summed E-state index contributed by atoms with van der Waals surface area (Å²) in [5, 5.41) is 8.97. The Balaban J connectivity index is 1.35. The average molecular weight is 469 g/mol. The molecule has 0 aliphatic rings. The number of nitrogens with zero attached hydrogens (tertiary/aromatic N) is 3. The maximum absolute atomic E-state index is 13.8. The number of hydrogen-bond acceptors (Lipinski definition) is 8. The number of methoxy groups -OCH3 is 2. The first-order valence-electron chi connectivity index (χ1n) is 10.0. The Morgan fingerprint density at radius 3 is 2.64 bits per heavy atom. The van der Waals surface area contributed by atoms with Gasteiger partial charge < -0.3 is 19.3 Å². The SMILES string of the molecule is COc1ccc(-c2csc(NC(=O)CCc3nc(-c4ccc(C)c(F)c4)no3)n2)cc1OC. The zero-order valence-corrected chi connectivity index (χ0v) is 19.0. The van der Waals surface area contributed by atoms with E-state index in [1.54, 1.807) is 39.3 Å². The summed E-state index contributed by atoms with van der Waals surface area (Å²) in [7, 11) is 3.14. The lowest BCUT2D eigenvalue weighted by atomic mass is 10.1. The van der Waals surface area contributed by atoms with Gasteiger partial charge in [0.15, 0.2) is 16.6 Å². The second-order valence-electron chi connectivity index (χ2n) is 7.13. The van der Waals surface area contributed by atoms with Gasteiger partial charge >= 0.3 is 0 Å². The molecule has 0 radical (unpaired) electrons. The van der Waals surface area contributed by atoms with Gasteiger partial charge in [0, 0.05) is 29.3 Å². The van der Waals surface area contributed by atoms with Crippen LogP contribution in [0.5, 0.6) is 11.5 Å². The number of aryl methyl sites for hydroxylation is 2. The largest absolute Gasteiger partial charge is 0.493 e. The van der Waals surface area contributed by atoms with Gasteiger partial charge in [0.2, 0.25) is 17.6 Å². The second kappa shape index (κ2) is 9.78. The van der Waals surface area contributed by atoms with Gasteiger partial charge in [0.1, 0.15) is 5.82 Å². The number of thiazole rings is 1. The molecule has 0 aliphatic carbocycles. The predicted octanol–water partition coefficient (Wildman–Crippen LogP) is 4.90. The fourth-order valence-corrected chi connectivity index (χ4v) is 3.80. The van der Waals surface area contributed by atoms with Gasteiger partial charge in [0.25, 0.3) is 0 Å². The lowest BCUT2D eigenvalue weighted by molar-refractivity contribution is -0.116. The molecule has 0 unspecified atom stereocenters. The average Bonchev–Trinajstić information content (AvgIpc) is 3.49. The molecule has 170 valence electrons. The highest BCUT2D eigenvalue weighted by atomic mass is 32.1. The van der Waals surface area contributed by atoms with Crippen molar-refractivity contribution in [3.05, 3.63) is 59.0 Å². The summed E-state index contributed by atoms with van der Waals surface area (Å²) < 4.78 is 29.5. The van der Waals surface area contributed by atoms with Crippen molar-refractivity contribution in [2.45, 2.75) is 19.8 Å². The molecule has 0 fully saturated rings. The maximum Gasteiger partial charge on any atom is 0.227 e. The summed E-state index contributed by atoms with van der Waals surface area (Å²) in [5.74, 6) is 1.23. The van der Waals surface area contributed by atoms with Crippen LogP contribution in [-0.4, -0.2) is 35.3 Å². The molecule has 0 atom stereocenters. The zero-order valence-electron chi connectivity index (χ0n) is 18.2. The van der Waals surface area contributed by atoms with Crippen molar-refractivity contribution < 1.29 is 23.2 Å². The third-order valence-electron chi connectivity index (χ3n) is 4.89. The number of halogens is 1. The summed E-state index contributed by atoms with van der Waals surface area (Å²) in [4.78, 5) is 21.1. The molecule has 33 heavy (non-hydrogen) atoms. The summed E-state index contributed by atoms with van der Waals surface area (Å²) in [6.07, 6.45) is 0.385. The molecule has 4 rings (SSSR count). The Morgan fingerprint density at radius 1 is 1.09 bits per heavy atom. The van der Waals surface area contributed by atoms with Crippen LogP contribution in [0.1, 0.15) is 17.9 Å². The molecular formula is C23H21FN4O4S. The molecule has 0 saturated carbocycles. The number of hydrogen-bond donors (Lipinski definition) is 1. The molecule has 1 N–H and O–H groups in total. The lowest BCUT2D eigenvalue weighted by Crippen LogP contribution is -2.12.